The van der Waals surface area contributed by atoms with Crippen LogP contribution in [0.3, 0.4) is 0 Å². The average molecular weight is 391 g/mol. The first-order valence-corrected chi connectivity index (χ1v) is 10.3. The van der Waals surface area contributed by atoms with Crippen molar-refractivity contribution in [2.45, 2.75) is 39.3 Å². The number of carbonyl (C=O) groups excluding carboxylic acids is 1. The van der Waals surface area contributed by atoms with Crippen molar-refractivity contribution in [2.75, 3.05) is 13.6 Å². The molecule has 0 unspecified atom stereocenters. The quantitative estimate of drug-likeness (QED) is 0.593. The minimum absolute atomic E-state index is 0.0675. The lowest BCUT2D eigenvalue weighted by Crippen LogP contribution is -2.40. The largest absolute Gasteiger partial charge is 0.352 e. The molecular formula is C24H30N4O. The maximum Gasteiger partial charge on any atom is 0.234 e. The number of amides is 1. The van der Waals surface area contributed by atoms with Gasteiger partial charge in [-0.05, 0) is 32.0 Å². The molecule has 2 aromatic carbocycles. The van der Waals surface area contributed by atoms with Crippen molar-refractivity contribution < 1.29 is 4.79 Å². The lowest BCUT2D eigenvalue weighted by atomic mass is 10.1. The predicted octanol–water partition coefficient (Wildman–Crippen LogP) is 4.28. The third-order valence-electron chi connectivity index (χ3n) is 5.06. The minimum atomic E-state index is 0.0675. The molecule has 5 nitrogen and oxygen atoms in total. The second-order valence-electron chi connectivity index (χ2n) is 7.40. The number of benzene rings is 2. The van der Waals surface area contributed by atoms with E-state index < -0.39 is 0 Å². The molecule has 3 aromatic rings. The van der Waals surface area contributed by atoms with E-state index in [1.807, 2.05) is 65.2 Å². The van der Waals surface area contributed by atoms with E-state index in [1.165, 1.54) is 0 Å². The molecule has 0 fully saturated rings. The highest BCUT2D eigenvalue weighted by molar-refractivity contribution is 5.78. The van der Waals surface area contributed by atoms with Crippen LogP contribution in [0, 0.1) is 0 Å². The zero-order valence-electron chi connectivity index (χ0n) is 17.5. The van der Waals surface area contributed by atoms with Gasteiger partial charge in [0.2, 0.25) is 5.91 Å². The minimum Gasteiger partial charge on any atom is -0.352 e. The van der Waals surface area contributed by atoms with Crippen LogP contribution in [0.2, 0.25) is 0 Å². The number of aromatic nitrogens is 2. The van der Waals surface area contributed by atoms with Crippen LogP contribution in [-0.2, 0) is 11.3 Å². The number of likely N-dealkylation sites (N-methyl/N-ethyl adjacent to an activating group) is 1. The number of carbonyl (C=O) groups is 1. The van der Waals surface area contributed by atoms with Crippen LogP contribution < -0.4 is 5.32 Å². The lowest BCUT2D eigenvalue weighted by molar-refractivity contribution is -0.122. The van der Waals surface area contributed by atoms with E-state index in [0.717, 1.165) is 35.3 Å². The molecule has 0 spiro atoms. The molecule has 0 radical (unpaired) electrons. The van der Waals surface area contributed by atoms with Crippen molar-refractivity contribution in [3.8, 4) is 16.9 Å². The summed E-state index contributed by atoms with van der Waals surface area (Å²) in [5.74, 6) is 0.0675. The Balaban J connectivity index is 1.80. The summed E-state index contributed by atoms with van der Waals surface area (Å²) in [5.41, 5.74) is 4.14. The van der Waals surface area contributed by atoms with Gasteiger partial charge in [-0.2, -0.15) is 5.10 Å². The van der Waals surface area contributed by atoms with Crippen LogP contribution in [-0.4, -0.2) is 40.2 Å². The number of hydrogen-bond acceptors (Lipinski definition) is 3. The van der Waals surface area contributed by atoms with Crippen LogP contribution in [0.4, 0.5) is 0 Å². The van der Waals surface area contributed by atoms with Gasteiger partial charge in [0, 0.05) is 29.9 Å². The Morgan fingerprint density at radius 3 is 2.28 bits per heavy atom. The molecule has 0 saturated heterocycles. The molecule has 0 aliphatic rings. The SMILES string of the molecule is CCC(CC)NC(=O)CN(C)Cc1cn(-c2ccccc2)nc1-c1ccccc1. The number of nitrogens with one attached hydrogen (secondary N) is 1. The normalized spacial score (nSPS) is 11.2. The number of hydrogen-bond donors (Lipinski definition) is 1. The Morgan fingerprint density at radius 1 is 1.03 bits per heavy atom. The molecule has 3 rings (SSSR count). The van der Waals surface area contributed by atoms with Crippen molar-refractivity contribution in [1.29, 1.82) is 0 Å². The highest BCUT2D eigenvalue weighted by Gasteiger charge is 2.16. The summed E-state index contributed by atoms with van der Waals surface area (Å²) in [7, 11) is 1.97. The van der Waals surface area contributed by atoms with E-state index in [1.54, 1.807) is 0 Å². The first-order valence-electron chi connectivity index (χ1n) is 10.3. The standard InChI is InChI=1S/C24H30N4O/c1-4-21(5-2)25-23(29)18-27(3)16-20-17-28(22-14-10-7-11-15-22)26-24(20)19-12-8-6-9-13-19/h6-15,17,21H,4-5,16,18H2,1-3H3,(H,25,29). The van der Waals surface area contributed by atoms with Crippen LogP contribution in [0.5, 0.6) is 0 Å². The van der Waals surface area contributed by atoms with Gasteiger partial charge in [0.25, 0.3) is 0 Å². The molecule has 1 heterocycles. The highest BCUT2D eigenvalue weighted by Crippen LogP contribution is 2.24. The van der Waals surface area contributed by atoms with Crippen molar-refractivity contribution in [3.63, 3.8) is 0 Å². The number of rotatable bonds is 9. The molecule has 1 amide bonds. The van der Waals surface area contributed by atoms with Gasteiger partial charge in [0.1, 0.15) is 0 Å². The molecule has 1 aromatic heterocycles. The summed E-state index contributed by atoms with van der Waals surface area (Å²) in [5, 5.41) is 7.96. The maximum absolute atomic E-state index is 12.4. The van der Waals surface area contributed by atoms with Gasteiger partial charge < -0.3 is 5.32 Å². The summed E-state index contributed by atoms with van der Waals surface area (Å²) in [6.45, 7) is 5.21. The second-order valence-corrected chi connectivity index (χ2v) is 7.40. The smallest absolute Gasteiger partial charge is 0.234 e. The lowest BCUT2D eigenvalue weighted by Gasteiger charge is -2.19. The van der Waals surface area contributed by atoms with Gasteiger partial charge in [0.15, 0.2) is 0 Å². The molecule has 0 aliphatic heterocycles. The van der Waals surface area contributed by atoms with Gasteiger partial charge in [-0.3, -0.25) is 9.69 Å². The number of nitrogens with zero attached hydrogens (tertiary/aromatic N) is 3. The van der Waals surface area contributed by atoms with Gasteiger partial charge in [-0.15, -0.1) is 0 Å². The first kappa shape index (κ1) is 20.8. The van der Waals surface area contributed by atoms with Crippen LogP contribution in [0.1, 0.15) is 32.3 Å². The fraction of sp³-hybridized carbons (Fsp3) is 0.333. The molecule has 0 bridgehead atoms. The van der Waals surface area contributed by atoms with Crippen LogP contribution in [0.25, 0.3) is 16.9 Å². The van der Waals surface area contributed by atoms with Gasteiger partial charge in [-0.1, -0.05) is 62.4 Å². The van der Waals surface area contributed by atoms with E-state index >= 15 is 0 Å². The Morgan fingerprint density at radius 2 is 1.66 bits per heavy atom. The van der Waals surface area contributed by atoms with Gasteiger partial charge >= 0.3 is 0 Å². The van der Waals surface area contributed by atoms with Crippen LogP contribution in [0.15, 0.2) is 66.9 Å². The molecule has 29 heavy (non-hydrogen) atoms. The van der Waals surface area contributed by atoms with E-state index in [0.29, 0.717) is 13.1 Å². The summed E-state index contributed by atoms with van der Waals surface area (Å²) in [6.07, 6.45) is 3.97. The Hall–Kier alpha value is -2.92. The fourth-order valence-electron chi connectivity index (χ4n) is 3.44. The summed E-state index contributed by atoms with van der Waals surface area (Å²) in [4.78, 5) is 14.4. The Labute approximate surface area is 173 Å². The van der Waals surface area contributed by atoms with Crippen molar-refractivity contribution in [2.24, 2.45) is 0 Å². The van der Waals surface area contributed by atoms with Gasteiger partial charge in [0.05, 0.1) is 17.9 Å². The van der Waals surface area contributed by atoms with Crippen LogP contribution >= 0.6 is 0 Å². The summed E-state index contributed by atoms with van der Waals surface area (Å²) in [6, 6.07) is 20.5. The maximum atomic E-state index is 12.4. The van der Waals surface area contributed by atoms with E-state index in [4.69, 9.17) is 5.10 Å². The third-order valence-corrected chi connectivity index (χ3v) is 5.06. The predicted molar refractivity (Wildman–Crippen MR) is 118 cm³/mol. The second kappa shape index (κ2) is 10.0. The van der Waals surface area contributed by atoms with Crippen molar-refractivity contribution in [3.05, 3.63) is 72.4 Å². The highest BCUT2D eigenvalue weighted by atomic mass is 16.2. The van der Waals surface area contributed by atoms with Crippen molar-refractivity contribution >= 4 is 5.91 Å². The zero-order valence-corrected chi connectivity index (χ0v) is 17.5. The number of para-hydroxylation sites is 1. The van der Waals surface area contributed by atoms with Gasteiger partial charge in [-0.25, -0.2) is 4.68 Å². The van der Waals surface area contributed by atoms with E-state index in [9.17, 15) is 4.79 Å². The molecule has 0 aliphatic carbocycles. The molecule has 1 N–H and O–H groups in total. The van der Waals surface area contributed by atoms with Crippen molar-refractivity contribution in [1.82, 2.24) is 20.0 Å². The zero-order chi connectivity index (χ0) is 20.6. The monoisotopic (exact) mass is 390 g/mol. The summed E-state index contributed by atoms with van der Waals surface area (Å²) >= 11 is 0. The molecule has 0 saturated carbocycles. The third kappa shape index (κ3) is 5.55. The average Bonchev–Trinajstić information content (AvgIpc) is 3.16. The molecule has 0 atom stereocenters. The fourth-order valence-corrected chi connectivity index (χ4v) is 3.44. The Bertz CT molecular complexity index is 901. The molecule has 5 heteroatoms. The topological polar surface area (TPSA) is 50.2 Å². The molecular weight excluding hydrogens is 360 g/mol. The first-order chi connectivity index (χ1) is 14.1. The van der Waals surface area contributed by atoms with E-state index in [2.05, 4.69) is 37.5 Å². The molecule has 152 valence electrons. The van der Waals surface area contributed by atoms with E-state index in [-0.39, 0.29) is 11.9 Å². The summed E-state index contributed by atoms with van der Waals surface area (Å²) < 4.78 is 1.91. The Kier molecular flexibility index (Phi) is 7.19.